The number of aryl methyl sites for hydroxylation is 1. The minimum Gasteiger partial charge on any atom is -0.381 e. The number of carbonyl (C=O) groups is 1. The number of hydrazone groups is 1. The van der Waals surface area contributed by atoms with Crippen LogP contribution in [0.25, 0.3) is 17.0 Å². The maximum atomic E-state index is 12.2. The zero-order valence-corrected chi connectivity index (χ0v) is 12.3. The Morgan fingerprint density at radius 3 is 3.05 bits per heavy atom. The summed E-state index contributed by atoms with van der Waals surface area (Å²) in [5.74, 6) is 0.0716. The van der Waals surface area contributed by atoms with Crippen LogP contribution in [-0.2, 0) is 9.53 Å². The zero-order chi connectivity index (χ0) is 15.1. The summed E-state index contributed by atoms with van der Waals surface area (Å²) >= 11 is 0. The highest BCUT2D eigenvalue weighted by Crippen LogP contribution is 2.28. The molecule has 2 aliphatic rings. The van der Waals surface area contributed by atoms with E-state index in [0.29, 0.717) is 12.2 Å². The first kappa shape index (κ1) is 13.3. The lowest BCUT2D eigenvalue weighted by Gasteiger charge is -2.07. The summed E-state index contributed by atoms with van der Waals surface area (Å²) in [6.45, 7) is 3.39. The number of aromatic amines is 1. The largest absolute Gasteiger partial charge is 0.381 e. The Balaban J connectivity index is 1.81. The number of para-hydroxylation sites is 1. The van der Waals surface area contributed by atoms with Crippen molar-refractivity contribution in [2.24, 2.45) is 11.0 Å². The van der Waals surface area contributed by atoms with Crippen LogP contribution in [0.15, 0.2) is 34.9 Å². The van der Waals surface area contributed by atoms with Gasteiger partial charge in [-0.1, -0.05) is 18.2 Å². The number of rotatable bonds is 2. The molecule has 1 fully saturated rings. The Kier molecular flexibility index (Phi) is 3.08. The fourth-order valence-electron chi connectivity index (χ4n) is 3.18. The van der Waals surface area contributed by atoms with Crippen LogP contribution in [-0.4, -0.2) is 29.8 Å². The van der Waals surface area contributed by atoms with Crippen LogP contribution in [0.5, 0.6) is 0 Å². The molecule has 1 unspecified atom stereocenters. The first-order valence-electron chi connectivity index (χ1n) is 7.49. The molecule has 2 aliphatic heterocycles. The molecule has 0 spiro atoms. The van der Waals surface area contributed by atoms with Gasteiger partial charge in [0, 0.05) is 34.7 Å². The minimum absolute atomic E-state index is 0.133. The maximum absolute atomic E-state index is 12.2. The monoisotopic (exact) mass is 295 g/mol. The van der Waals surface area contributed by atoms with Gasteiger partial charge in [0.1, 0.15) is 0 Å². The summed E-state index contributed by atoms with van der Waals surface area (Å²) in [7, 11) is 0. The number of hydrogen-bond donors (Lipinski definition) is 2. The number of aromatic nitrogens is 1. The van der Waals surface area contributed by atoms with Gasteiger partial charge >= 0.3 is 0 Å². The fourth-order valence-corrected chi connectivity index (χ4v) is 3.18. The topological polar surface area (TPSA) is 66.5 Å². The first-order valence-corrected chi connectivity index (χ1v) is 7.49. The van der Waals surface area contributed by atoms with Gasteiger partial charge < -0.3 is 9.72 Å². The minimum atomic E-state index is -0.133. The number of amides is 1. The number of nitrogens with zero attached hydrogens (tertiary/aromatic N) is 1. The number of hydrogen-bond acceptors (Lipinski definition) is 3. The third-order valence-electron chi connectivity index (χ3n) is 4.35. The Hall–Kier alpha value is -2.40. The number of H-pyrrole nitrogens is 1. The van der Waals surface area contributed by atoms with Crippen molar-refractivity contribution in [3.05, 3.63) is 41.1 Å². The van der Waals surface area contributed by atoms with Gasteiger partial charge in [-0.25, -0.2) is 5.43 Å². The molecule has 3 heterocycles. The van der Waals surface area contributed by atoms with Crippen molar-refractivity contribution in [2.45, 2.75) is 13.3 Å². The number of carbonyl (C=O) groups excluding carboxylic acids is 1. The average molecular weight is 295 g/mol. The van der Waals surface area contributed by atoms with E-state index in [4.69, 9.17) is 4.74 Å². The molecule has 5 heteroatoms. The van der Waals surface area contributed by atoms with E-state index in [0.717, 1.165) is 40.9 Å². The van der Waals surface area contributed by atoms with E-state index in [-0.39, 0.29) is 11.8 Å². The summed E-state index contributed by atoms with van der Waals surface area (Å²) in [5, 5.41) is 5.35. The predicted octanol–water partition coefficient (Wildman–Crippen LogP) is 2.38. The van der Waals surface area contributed by atoms with E-state index in [1.807, 2.05) is 31.2 Å². The Labute approximate surface area is 128 Å². The molecule has 0 radical (unpaired) electrons. The van der Waals surface area contributed by atoms with E-state index in [9.17, 15) is 4.79 Å². The van der Waals surface area contributed by atoms with Crippen molar-refractivity contribution in [3.8, 4) is 0 Å². The molecule has 22 heavy (non-hydrogen) atoms. The van der Waals surface area contributed by atoms with E-state index >= 15 is 0 Å². The van der Waals surface area contributed by atoms with E-state index in [2.05, 4.69) is 21.6 Å². The average Bonchev–Trinajstić information content (AvgIpc) is 3.21. The van der Waals surface area contributed by atoms with Gasteiger partial charge in [-0.05, 0) is 25.5 Å². The van der Waals surface area contributed by atoms with E-state index in [1.54, 1.807) is 0 Å². The molecule has 4 rings (SSSR count). The van der Waals surface area contributed by atoms with Gasteiger partial charge in [0.2, 0.25) is 0 Å². The quantitative estimate of drug-likeness (QED) is 0.835. The summed E-state index contributed by atoms with van der Waals surface area (Å²) < 4.78 is 5.43. The lowest BCUT2D eigenvalue weighted by atomic mass is 9.94. The van der Waals surface area contributed by atoms with Gasteiger partial charge in [0.15, 0.2) is 0 Å². The van der Waals surface area contributed by atoms with Crippen molar-refractivity contribution < 1.29 is 9.53 Å². The number of nitrogens with one attached hydrogen (secondary N) is 2. The van der Waals surface area contributed by atoms with Crippen LogP contribution < -0.4 is 5.43 Å². The molecule has 0 saturated carbocycles. The second kappa shape index (κ2) is 5.10. The predicted molar refractivity (Wildman–Crippen MR) is 85.5 cm³/mol. The molecule has 1 aromatic heterocycles. The summed E-state index contributed by atoms with van der Waals surface area (Å²) in [6, 6.07) is 8.11. The zero-order valence-electron chi connectivity index (χ0n) is 12.3. The molecule has 1 atom stereocenters. The van der Waals surface area contributed by atoms with E-state index < -0.39 is 0 Å². The van der Waals surface area contributed by atoms with Crippen LogP contribution in [0.4, 0.5) is 0 Å². The molecule has 2 N–H and O–H groups in total. The number of ether oxygens (including phenoxy) is 1. The van der Waals surface area contributed by atoms with Crippen molar-refractivity contribution >= 4 is 28.6 Å². The third kappa shape index (κ3) is 2.05. The molecule has 1 amide bonds. The molecule has 112 valence electrons. The molecule has 0 aliphatic carbocycles. The summed E-state index contributed by atoms with van der Waals surface area (Å²) in [5.41, 5.74) is 7.25. The van der Waals surface area contributed by atoms with Gasteiger partial charge in [-0.2, -0.15) is 5.10 Å². The standard InChI is InChI=1S/C17H17N3O2/c1-10-13(12-4-2-3-5-15(12)18-10)8-14-16(19-20-17(14)21)11-6-7-22-9-11/h2-5,8,11,18H,6-7,9H2,1H3,(H,20,21). The SMILES string of the molecule is Cc1[nH]c2ccccc2c1C=C1C(=O)NN=C1C1CCOC1. The van der Waals surface area contributed by atoms with E-state index in [1.165, 1.54) is 0 Å². The Bertz CT molecular complexity index is 810. The van der Waals surface area contributed by atoms with Crippen LogP contribution in [0.1, 0.15) is 17.7 Å². The third-order valence-corrected chi connectivity index (χ3v) is 4.35. The lowest BCUT2D eigenvalue weighted by Crippen LogP contribution is -2.18. The summed E-state index contributed by atoms with van der Waals surface area (Å²) in [4.78, 5) is 15.5. The fraction of sp³-hybridized carbons (Fsp3) is 0.294. The number of fused-ring (bicyclic) bond motifs is 1. The summed E-state index contributed by atoms with van der Waals surface area (Å²) in [6.07, 6.45) is 2.87. The molecule has 5 nitrogen and oxygen atoms in total. The van der Waals surface area contributed by atoms with Crippen molar-refractivity contribution in [2.75, 3.05) is 13.2 Å². The molecular formula is C17H17N3O2. The second-order valence-electron chi connectivity index (χ2n) is 5.77. The van der Waals surface area contributed by atoms with Crippen molar-refractivity contribution in [1.82, 2.24) is 10.4 Å². The Morgan fingerprint density at radius 1 is 1.36 bits per heavy atom. The van der Waals surface area contributed by atoms with Crippen LogP contribution in [0.2, 0.25) is 0 Å². The van der Waals surface area contributed by atoms with Crippen LogP contribution in [0.3, 0.4) is 0 Å². The first-order chi connectivity index (χ1) is 10.7. The molecular weight excluding hydrogens is 278 g/mol. The molecule has 2 aromatic rings. The van der Waals surface area contributed by atoms with Gasteiger partial charge in [-0.3, -0.25) is 4.79 Å². The van der Waals surface area contributed by atoms with Gasteiger partial charge in [0.05, 0.1) is 17.9 Å². The van der Waals surface area contributed by atoms with Gasteiger partial charge in [0.25, 0.3) is 5.91 Å². The maximum Gasteiger partial charge on any atom is 0.273 e. The number of benzene rings is 1. The molecule has 1 saturated heterocycles. The van der Waals surface area contributed by atoms with Crippen molar-refractivity contribution in [1.29, 1.82) is 0 Å². The lowest BCUT2D eigenvalue weighted by molar-refractivity contribution is -0.116. The van der Waals surface area contributed by atoms with Crippen LogP contribution in [0, 0.1) is 12.8 Å². The highest BCUT2D eigenvalue weighted by Gasteiger charge is 2.32. The molecule has 0 bridgehead atoms. The smallest absolute Gasteiger partial charge is 0.273 e. The highest BCUT2D eigenvalue weighted by atomic mass is 16.5. The van der Waals surface area contributed by atoms with Gasteiger partial charge in [-0.15, -0.1) is 0 Å². The van der Waals surface area contributed by atoms with Crippen molar-refractivity contribution in [3.63, 3.8) is 0 Å². The highest BCUT2D eigenvalue weighted by molar-refractivity contribution is 6.28. The van der Waals surface area contributed by atoms with Crippen LogP contribution >= 0.6 is 0 Å². The Morgan fingerprint density at radius 2 is 2.23 bits per heavy atom. The normalized spacial score (nSPS) is 23.3. The molecule has 1 aromatic carbocycles. The second-order valence-corrected chi connectivity index (χ2v) is 5.77.